The van der Waals surface area contributed by atoms with Crippen LogP contribution in [0.15, 0.2) is 59.0 Å². The van der Waals surface area contributed by atoms with E-state index in [2.05, 4.69) is 15.0 Å². The Morgan fingerprint density at radius 3 is 2.48 bits per heavy atom. The fourth-order valence-electron chi connectivity index (χ4n) is 2.73. The van der Waals surface area contributed by atoms with Crippen LogP contribution in [0.5, 0.6) is 0 Å². The van der Waals surface area contributed by atoms with Gasteiger partial charge in [0, 0.05) is 24.7 Å². The van der Waals surface area contributed by atoms with Gasteiger partial charge in [-0.15, -0.1) is 0 Å². The van der Waals surface area contributed by atoms with E-state index in [-0.39, 0.29) is 17.7 Å². The molecule has 7 nitrogen and oxygen atoms in total. The maximum atomic E-state index is 12.0. The molecule has 0 spiro atoms. The van der Waals surface area contributed by atoms with Gasteiger partial charge in [-0.25, -0.2) is 18.1 Å². The van der Waals surface area contributed by atoms with E-state index in [0.717, 1.165) is 11.1 Å². The average Bonchev–Trinajstić information content (AvgIpc) is 3.07. The van der Waals surface area contributed by atoms with Crippen LogP contribution in [0.3, 0.4) is 0 Å². The van der Waals surface area contributed by atoms with Crippen molar-refractivity contribution in [2.75, 3.05) is 0 Å². The first-order valence-electron chi connectivity index (χ1n) is 9.20. The third-order valence-electron chi connectivity index (χ3n) is 3.95. The second-order valence-electron chi connectivity index (χ2n) is 6.92. The monoisotopic (exact) mass is 413 g/mol. The summed E-state index contributed by atoms with van der Waals surface area (Å²) in [7, 11) is -3.36. The van der Waals surface area contributed by atoms with Gasteiger partial charge in [0.25, 0.3) is 0 Å². The number of rotatable bonds is 8. The Balaban J connectivity index is 1.52. The molecule has 1 heterocycles. The predicted molar refractivity (Wildman–Crippen MR) is 112 cm³/mol. The number of amides is 1. The van der Waals surface area contributed by atoms with E-state index in [4.69, 9.17) is 4.42 Å². The molecule has 2 N–H and O–H groups in total. The first kappa shape index (κ1) is 20.8. The Bertz CT molecular complexity index is 1080. The predicted octanol–water partition coefficient (Wildman–Crippen LogP) is 2.99. The molecule has 8 heteroatoms. The standard InChI is InChI=1S/C21H23N3O4S/c1-15(2)24-29(26,27)14-17-9-7-16(8-10-17)13-22-20(25)11-12-21-23-18-5-3-4-6-19(18)28-21/h3-12,15,24H,13-14H2,1-2H3,(H,22,25)/b12-11+. The minimum Gasteiger partial charge on any atom is -0.437 e. The van der Waals surface area contributed by atoms with Crippen molar-refractivity contribution in [2.45, 2.75) is 32.2 Å². The third-order valence-corrected chi connectivity index (χ3v) is 5.49. The van der Waals surface area contributed by atoms with Crippen LogP contribution in [0, 0.1) is 0 Å². The maximum absolute atomic E-state index is 12.0. The number of aromatic nitrogens is 1. The average molecular weight is 413 g/mol. The highest BCUT2D eigenvalue weighted by Gasteiger charge is 2.12. The summed E-state index contributed by atoms with van der Waals surface area (Å²) in [6.45, 7) is 3.89. The number of carbonyl (C=O) groups is 1. The van der Waals surface area contributed by atoms with Gasteiger partial charge in [0.2, 0.25) is 21.8 Å². The lowest BCUT2D eigenvalue weighted by Crippen LogP contribution is -2.31. The van der Waals surface area contributed by atoms with Gasteiger partial charge in [-0.05, 0) is 37.1 Å². The molecule has 0 saturated carbocycles. The number of carbonyl (C=O) groups excluding carboxylic acids is 1. The topological polar surface area (TPSA) is 101 Å². The molecule has 0 saturated heterocycles. The fourth-order valence-corrected chi connectivity index (χ4v) is 4.16. The largest absolute Gasteiger partial charge is 0.437 e. The number of hydrogen-bond donors (Lipinski definition) is 2. The Morgan fingerprint density at radius 2 is 1.79 bits per heavy atom. The van der Waals surface area contributed by atoms with Gasteiger partial charge in [-0.1, -0.05) is 36.4 Å². The number of fused-ring (bicyclic) bond motifs is 1. The number of nitrogens with zero attached hydrogens (tertiary/aromatic N) is 1. The van der Waals surface area contributed by atoms with E-state index >= 15 is 0 Å². The quantitative estimate of drug-likeness (QED) is 0.553. The molecular weight excluding hydrogens is 390 g/mol. The number of benzene rings is 2. The first-order chi connectivity index (χ1) is 13.8. The zero-order valence-corrected chi connectivity index (χ0v) is 17.1. The van der Waals surface area contributed by atoms with E-state index in [0.29, 0.717) is 23.6 Å². The highest BCUT2D eigenvalue weighted by atomic mass is 32.2. The molecule has 1 amide bonds. The van der Waals surface area contributed by atoms with Crippen LogP contribution >= 0.6 is 0 Å². The summed E-state index contributed by atoms with van der Waals surface area (Å²) >= 11 is 0. The van der Waals surface area contributed by atoms with Crippen molar-refractivity contribution < 1.29 is 17.6 Å². The molecule has 152 valence electrons. The van der Waals surface area contributed by atoms with E-state index in [9.17, 15) is 13.2 Å². The number of sulfonamides is 1. The van der Waals surface area contributed by atoms with Gasteiger partial charge in [0.1, 0.15) is 5.52 Å². The summed E-state index contributed by atoms with van der Waals surface area (Å²) in [4.78, 5) is 16.3. The molecule has 0 fully saturated rings. The van der Waals surface area contributed by atoms with Crippen LogP contribution in [0.1, 0.15) is 30.9 Å². The number of para-hydroxylation sites is 2. The highest BCUT2D eigenvalue weighted by molar-refractivity contribution is 7.88. The van der Waals surface area contributed by atoms with Crippen molar-refractivity contribution in [3.05, 3.63) is 71.6 Å². The molecule has 0 radical (unpaired) electrons. The molecule has 29 heavy (non-hydrogen) atoms. The molecule has 0 aliphatic rings. The second kappa shape index (κ2) is 9.02. The zero-order chi connectivity index (χ0) is 20.9. The van der Waals surface area contributed by atoms with Crippen molar-refractivity contribution in [3.63, 3.8) is 0 Å². The Hall–Kier alpha value is -2.97. The molecule has 0 aliphatic carbocycles. The van der Waals surface area contributed by atoms with Gasteiger partial charge in [-0.2, -0.15) is 0 Å². The molecule has 0 atom stereocenters. The Kier molecular flexibility index (Phi) is 6.46. The zero-order valence-electron chi connectivity index (χ0n) is 16.3. The van der Waals surface area contributed by atoms with Crippen LogP contribution in [0.4, 0.5) is 0 Å². The van der Waals surface area contributed by atoms with E-state index in [1.54, 1.807) is 38.1 Å². The van der Waals surface area contributed by atoms with Gasteiger partial charge in [-0.3, -0.25) is 4.79 Å². The van der Waals surface area contributed by atoms with Crippen molar-refractivity contribution >= 4 is 33.1 Å². The van der Waals surface area contributed by atoms with E-state index in [1.165, 1.54) is 12.2 Å². The lowest BCUT2D eigenvalue weighted by atomic mass is 10.1. The number of nitrogens with one attached hydrogen (secondary N) is 2. The smallest absolute Gasteiger partial charge is 0.244 e. The molecular formula is C21H23N3O4S. The molecule has 0 unspecified atom stereocenters. The summed E-state index contributed by atoms with van der Waals surface area (Å²) in [5, 5.41) is 2.77. The highest BCUT2D eigenvalue weighted by Crippen LogP contribution is 2.15. The summed E-state index contributed by atoms with van der Waals surface area (Å²) in [5.41, 5.74) is 2.95. The molecule has 1 aromatic heterocycles. The van der Waals surface area contributed by atoms with Crippen LogP contribution in [0.2, 0.25) is 0 Å². The lowest BCUT2D eigenvalue weighted by Gasteiger charge is -2.10. The van der Waals surface area contributed by atoms with Crippen molar-refractivity contribution in [2.24, 2.45) is 0 Å². The fraction of sp³-hybridized carbons (Fsp3) is 0.238. The first-order valence-corrected chi connectivity index (χ1v) is 10.9. The lowest BCUT2D eigenvalue weighted by molar-refractivity contribution is -0.116. The second-order valence-corrected chi connectivity index (χ2v) is 8.67. The van der Waals surface area contributed by atoms with Gasteiger partial charge in [0.15, 0.2) is 5.58 Å². The summed E-state index contributed by atoms with van der Waals surface area (Å²) in [6.07, 6.45) is 2.88. The van der Waals surface area contributed by atoms with E-state index < -0.39 is 10.0 Å². The Labute approximate surface area is 169 Å². The summed E-state index contributed by atoms with van der Waals surface area (Å²) < 4.78 is 32.0. The van der Waals surface area contributed by atoms with Crippen molar-refractivity contribution in [1.29, 1.82) is 0 Å². The molecule has 3 aromatic rings. The number of oxazole rings is 1. The van der Waals surface area contributed by atoms with Crippen molar-refractivity contribution in [1.82, 2.24) is 15.0 Å². The molecule has 0 bridgehead atoms. The summed E-state index contributed by atoms with van der Waals surface area (Å²) in [6, 6.07) is 14.3. The SMILES string of the molecule is CC(C)NS(=O)(=O)Cc1ccc(CNC(=O)/C=C/c2nc3ccccc3o2)cc1. The molecule has 0 aliphatic heterocycles. The molecule has 3 rings (SSSR count). The van der Waals surface area contributed by atoms with Crippen molar-refractivity contribution in [3.8, 4) is 0 Å². The van der Waals surface area contributed by atoms with Gasteiger partial charge < -0.3 is 9.73 Å². The minimum atomic E-state index is -3.36. The van der Waals surface area contributed by atoms with Crippen LogP contribution < -0.4 is 10.0 Å². The van der Waals surface area contributed by atoms with E-state index in [1.807, 2.05) is 24.3 Å². The van der Waals surface area contributed by atoms with Crippen LogP contribution in [-0.4, -0.2) is 25.4 Å². The van der Waals surface area contributed by atoms with Gasteiger partial charge in [0.05, 0.1) is 5.75 Å². The number of hydrogen-bond acceptors (Lipinski definition) is 5. The Morgan fingerprint density at radius 1 is 1.10 bits per heavy atom. The molecule has 2 aromatic carbocycles. The normalized spacial score (nSPS) is 12.1. The minimum absolute atomic E-state index is 0.0783. The van der Waals surface area contributed by atoms with Gasteiger partial charge >= 0.3 is 0 Å². The maximum Gasteiger partial charge on any atom is 0.244 e. The van der Waals surface area contributed by atoms with Crippen LogP contribution in [-0.2, 0) is 27.1 Å². The summed E-state index contributed by atoms with van der Waals surface area (Å²) in [5.74, 6) is 0.00684. The third kappa shape index (κ3) is 6.27. The van der Waals surface area contributed by atoms with Crippen LogP contribution in [0.25, 0.3) is 17.2 Å².